The van der Waals surface area contributed by atoms with Gasteiger partial charge in [-0.3, -0.25) is 0 Å². The minimum Gasteiger partial charge on any atom is -0.457 e. The summed E-state index contributed by atoms with van der Waals surface area (Å²) in [5.74, 6) is 6.57. The third-order valence-electron chi connectivity index (χ3n) is 19.6. The third kappa shape index (κ3) is 28.6. The van der Waals surface area contributed by atoms with Crippen LogP contribution in [-0.2, 0) is 38.5 Å². The molecular formula is C78H126N4O. The molecule has 0 aliphatic heterocycles. The molecule has 0 N–H and O–H groups in total. The highest BCUT2D eigenvalue weighted by Gasteiger charge is 2.28. The number of hydrogen-bond donors (Lipinski definition) is 0. The normalized spacial score (nSPS) is 17.3. The Morgan fingerprint density at radius 1 is 0.301 bits per heavy atom. The van der Waals surface area contributed by atoms with Crippen molar-refractivity contribution in [1.82, 2.24) is 19.9 Å². The minimum absolute atomic E-state index is 0.473. The number of nitrogens with zero attached hydrogens (tertiary/aromatic N) is 4. The summed E-state index contributed by atoms with van der Waals surface area (Å²) in [6, 6.07) is 14.6. The number of ether oxygens (including phenoxy) is 1. The molecule has 0 radical (unpaired) electrons. The third-order valence-corrected chi connectivity index (χ3v) is 19.6. The van der Waals surface area contributed by atoms with Gasteiger partial charge in [0, 0.05) is 36.6 Å². The fourth-order valence-corrected chi connectivity index (χ4v) is 14.1. The molecule has 0 bridgehead atoms. The monoisotopic (exact) mass is 1130 g/mol. The maximum Gasteiger partial charge on any atom is 0.131 e. The summed E-state index contributed by atoms with van der Waals surface area (Å²) in [7, 11) is 0. The van der Waals surface area contributed by atoms with Gasteiger partial charge in [0.25, 0.3) is 0 Å². The Morgan fingerprint density at radius 3 is 0.831 bits per heavy atom. The molecule has 2 aliphatic rings. The summed E-state index contributed by atoms with van der Waals surface area (Å²) in [4.78, 5) is 20.0. The van der Waals surface area contributed by atoms with Gasteiger partial charge in [0.15, 0.2) is 0 Å². The number of hydrogen-bond acceptors (Lipinski definition) is 5. The Kier molecular flexibility index (Phi) is 36.3. The van der Waals surface area contributed by atoms with Crippen LogP contribution in [0, 0.1) is 11.8 Å². The zero-order valence-electron chi connectivity index (χ0n) is 54.6. The van der Waals surface area contributed by atoms with Crippen LogP contribution in [0.4, 0.5) is 0 Å². The van der Waals surface area contributed by atoms with E-state index in [9.17, 15) is 0 Å². The van der Waals surface area contributed by atoms with Crippen LogP contribution in [0.5, 0.6) is 11.5 Å². The molecule has 2 aromatic carbocycles. The van der Waals surface area contributed by atoms with Crippen LogP contribution in [0.2, 0.25) is 0 Å². The van der Waals surface area contributed by atoms with Crippen molar-refractivity contribution in [3.05, 3.63) is 106 Å². The molecule has 0 atom stereocenters. The number of aromatic nitrogens is 4. The molecule has 0 spiro atoms. The first kappa shape index (κ1) is 68.5. The molecule has 2 fully saturated rings. The van der Waals surface area contributed by atoms with E-state index in [1.165, 1.54) is 316 Å². The molecule has 2 aliphatic carbocycles. The molecule has 6 rings (SSSR count). The SMILES string of the molecule is CCCCCCCCCCCCc1cnc(C2CCC(Cc3cc(CCCCCCCCCC)ccc3Oc3ccc(CCCCCCCCCC)cc3CC3CCC(c4ncc(CCCCCCCCCCCC)cn4)CC3)CC2)nc1. The molecule has 4 aromatic rings. The topological polar surface area (TPSA) is 60.8 Å². The van der Waals surface area contributed by atoms with Crippen molar-refractivity contribution < 1.29 is 4.74 Å². The standard InChI is InChI=1S/C78H126N4O/c1-5-9-13-17-21-25-27-31-35-39-43-69-61-79-77(80-62-69)71-51-45-67(46-52-71)59-73-57-65(41-37-33-29-23-19-15-11-7-3)49-55-75(73)83-76-56-50-66(42-38-34-30-24-20-16-12-8-4)58-74(76)60-68-47-53-72(54-48-68)78-81-63-70(64-82-78)44-40-36-32-28-26-22-18-14-10-6-2/h49-50,55-58,61-64,67-68,71-72H,5-48,51-54,59-60H2,1-4H3. The Bertz CT molecular complexity index is 2030. The quantitative estimate of drug-likeness (QED) is 0.0413. The van der Waals surface area contributed by atoms with Gasteiger partial charge in [-0.25, -0.2) is 19.9 Å². The van der Waals surface area contributed by atoms with Gasteiger partial charge in [-0.1, -0.05) is 257 Å². The van der Waals surface area contributed by atoms with Gasteiger partial charge in [-0.2, -0.15) is 0 Å². The molecule has 0 saturated heterocycles. The second-order valence-electron chi connectivity index (χ2n) is 27.0. The molecule has 2 aromatic heterocycles. The van der Waals surface area contributed by atoms with E-state index in [-0.39, 0.29) is 0 Å². The van der Waals surface area contributed by atoms with Crippen LogP contribution in [0.1, 0.15) is 367 Å². The fraction of sp³-hybridized carbons (Fsp3) is 0.744. The smallest absolute Gasteiger partial charge is 0.131 e. The average molecular weight is 1140 g/mol. The largest absolute Gasteiger partial charge is 0.457 e. The summed E-state index contributed by atoms with van der Waals surface area (Å²) in [5.41, 5.74) is 8.45. The molecule has 5 heteroatoms. The lowest BCUT2D eigenvalue weighted by molar-refractivity contribution is 0.312. The van der Waals surface area contributed by atoms with Gasteiger partial charge in [-0.15, -0.1) is 0 Å². The molecule has 5 nitrogen and oxygen atoms in total. The fourth-order valence-electron chi connectivity index (χ4n) is 14.1. The van der Waals surface area contributed by atoms with Crippen molar-refractivity contribution in [2.75, 3.05) is 0 Å². The van der Waals surface area contributed by atoms with E-state index in [2.05, 4.69) is 88.9 Å². The average Bonchev–Trinajstić information content (AvgIpc) is 3.61. The molecule has 464 valence electrons. The predicted molar refractivity (Wildman–Crippen MR) is 358 cm³/mol. The van der Waals surface area contributed by atoms with Crippen molar-refractivity contribution in [2.45, 2.75) is 361 Å². The molecule has 2 saturated carbocycles. The van der Waals surface area contributed by atoms with Crippen molar-refractivity contribution >= 4 is 0 Å². The van der Waals surface area contributed by atoms with Crippen LogP contribution in [-0.4, -0.2) is 19.9 Å². The highest BCUT2D eigenvalue weighted by molar-refractivity contribution is 5.45. The Hall–Kier alpha value is -3.60. The van der Waals surface area contributed by atoms with Gasteiger partial charge >= 0.3 is 0 Å². The first-order valence-corrected chi connectivity index (χ1v) is 36.6. The minimum atomic E-state index is 0.473. The maximum absolute atomic E-state index is 7.31. The molecular weight excluding hydrogens is 1010 g/mol. The van der Waals surface area contributed by atoms with E-state index in [4.69, 9.17) is 24.7 Å². The van der Waals surface area contributed by atoms with Gasteiger partial charge in [0.05, 0.1) is 0 Å². The first-order chi connectivity index (χ1) is 41.0. The van der Waals surface area contributed by atoms with Crippen molar-refractivity contribution in [2.24, 2.45) is 11.8 Å². The lowest BCUT2D eigenvalue weighted by atomic mass is 9.78. The Morgan fingerprint density at radius 2 is 0.554 bits per heavy atom. The van der Waals surface area contributed by atoms with E-state index < -0.39 is 0 Å². The number of unbranched alkanes of at least 4 members (excludes halogenated alkanes) is 32. The Labute approximate surface area is 512 Å². The summed E-state index contributed by atoms with van der Waals surface area (Å²) >= 11 is 0. The predicted octanol–water partition coefficient (Wildman–Crippen LogP) is 24.4. The van der Waals surface area contributed by atoms with Crippen molar-refractivity contribution in [3.63, 3.8) is 0 Å². The molecule has 83 heavy (non-hydrogen) atoms. The van der Waals surface area contributed by atoms with Gasteiger partial charge in [0.1, 0.15) is 23.1 Å². The maximum atomic E-state index is 7.31. The van der Waals surface area contributed by atoms with E-state index in [0.717, 1.165) is 61.7 Å². The van der Waals surface area contributed by atoms with Crippen molar-refractivity contribution in [3.8, 4) is 11.5 Å². The molecule has 2 heterocycles. The number of aryl methyl sites for hydroxylation is 4. The zero-order chi connectivity index (χ0) is 58.0. The highest BCUT2D eigenvalue weighted by Crippen LogP contribution is 2.41. The molecule has 0 amide bonds. The lowest BCUT2D eigenvalue weighted by Crippen LogP contribution is -2.18. The lowest BCUT2D eigenvalue weighted by Gasteiger charge is -2.29. The second kappa shape index (κ2) is 43.9. The number of benzene rings is 2. The van der Waals surface area contributed by atoms with Crippen molar-refractivity contribution in [1.29, 1.82) is 0 Å². The van der Waals surface area contributed by atoms with Gasteiger partial charge in [-0.05, 0) is 173 Å². The first-order valence-electron chi connectivity index (χ1n) is 36.6. The van der Waals surface area contributed by atoms with E-state index >= 15 is 0 Å². The summed E-state index contributed by atoms with van der Waals surface area (Å²) in [6.45, 7) is 9.25. The van der Waals surface area contributed by atoms with Crippen LogP contribution >= 0.6 is 0 Å². The summed E-state index contributed by atoms with van der Waals surface area (Å²) in [6.07, 6.45) is 74.3. The highest BCUT2D eigenvalue weighted by atomic mass is 16.5. The zero-order valence-corrected chi connectivity index (χ0v) is 54.6. The number of rotatable bonds is 48. The Balaban J connectivity index is 1.05. The summed E-state index contributed by atoms with van der Waals surface area (Å²) in [5, 5.41) is 0. The van der Waals surface area contributed by atoms with Crippen LogP contribution < -0.4 is 4.74 Å². The second-order valence-corrected chi connectivity index (χ2v) is 27.0. The van der Waals surface area contributed by atoms with E-state index in [1.807, 2.05) is 0 Å². The summed E-state index contributed by atoms with van der Waals surface area (Å²) < 4.78 is 7.31. The van der Waals surface area contributed by atoms with Crippen LogP contribution in [0.25, 0.3) is 0 Å². The molecule has 0 unspecified atom stereocenters. The van der Waals surface area contributed by atoms with Crippen LogP contribution in [0.15, 0.2) is 61.2 Å². The van der Waals surface area contributed by atoms with Gasteiger partial charge < -0.3 is 4.74 Å². The van der Waals surface area contributed by atoms with E-state index in [0.29, 0.717) is 23.7 Å². The van der Waals surface area contributed by atoms with E-state index in [1.54, 1.807) is 0 Å². The van der Waals surface area contributed by atoms with Crippen LogP contribution in [0.3, 0.4) is 0 Å². The van der Waals surface area contributed by atoms with Gasteiger partial charge in [0.2, 0.25) is 0 Å².